The maximum Gasteiger partial charge on any atom is 0.137 e. The fourth-order valence-electron chi connectivity index (χ4n) is 2.05. The highest BCUT2D eigenvalue weighted by molar-refractivity contribution is 7.82. The summed E-state index contributed by atoms with van der Waals surface area (Å²) >= 11 is 0. The molecule has 2 rings (SSSR count). The molecule has 6 heteroatoms. The first-order valence-electron chi connectivity index (χ1n) is 5.90. The summed E-state index contributed by atoms with van der Waals surface area (Å²) in [7, 11) is -1.48. The van der Waals surface area contributed by atoms with E-state index in [1.54, 1.807) is 12.1 Å². The zero-order valence-electron chi connectivity index (χ0n) is 10.8. The molecule has 1 aliphatic rings. The summed E-state index contributed by atoms with van der Waals surface area (Å²) in [6.45, 7) is 3.48. The van der Waals surface area contributed by atoms with Crippen molar-refractivity contribution in [3.63, 3.8) is 0 Å². The third kappa shape index (κ3) is 3.09. The second-order valence-corrected chi connectivity index (χ2v) is 5.55. The minimum atomic E-state index is -1.48. The molecule has 0 aliphatic carbocycles. The number of hydroxylamine groups is 1. The lowest BCUT2D eigenvalue weighted by molar-refractivity contribution is -0.117. The van der Waals surface area contributed by atoms with E-state index < -0.39 is 11.0 Å². The SMILES string of the molecule is CC(=O)CC1=C(c2ccc(S(N)=O)cc2)C(C)NO1. The van der Waals surface area contributed by atoms with Gasteiger partial charge in [0.15, 0.2) is 0 Å². The Morgan fingerprint density at radius 3 is 2.58 bits per heavy atom. The second kappa shape index (κ2) is 5.64. The lowest BCUT2D eigenvalue weighted by atomic mass is 9.98. The van der Waals surface area contributed by atoms with Gasteiger partial charge in [0.2, 0.25) is 0 Å². The van der Waals surface area contributed by atoms with Crippen molar-refractivity contribution < 1.29 is 13.8 Å². The highest BCUT2D eigenvalue weighted by atomic mass is 32.2. The molecule has 0 fully saturated rings. The second-order valence-electron chi connectivity index (χ2n) is 4.48. The molecule has 1 aromatic rings. The van der Waals surface area contributed by atoms with Gasteiger partial charge in [0.05, 0.1) is 17.4 Å². The van der Waals surface area contributed by atoms with Gasteiger partial charge in [-0.15, -0.1) is 5.48 Å². The van der Waals surface area contributed by atoms with E-state index in [2.05, 4.69) is 5.48 Å². The van der Waals surface area contributed by atoms with Crippen molar-refractivity contribution in [3.8, 4) is 0 Å². The Bertz CT molecular complexity index is 552. The van der Waals surface area contributed by atoms with Crippen LogP contribution in [0.2, 0.25) is 0 Å². The third-order valence-electron chi connectivity index (χ3n) is 2.90. The first kappa shape index (κ1) is 13.9. The maximum atomic E-state index is 11.2. The predicted molar refractivity (Wildman–Crippen MR) is 72.9 cm³/mol. The van der Waals surface area contributed by atoms with E-state index in [1.807, 2.05) is 19.1 Å². The van der Waals surface area contributed by atoms with Crippen molar-refractivity contribution in [3.05, 3.63) is 35.6 Å². The van der Waals surface area contributed by atoms with Crippen LogP contribution in [0.5, 0.6) is 0 Å². The zero-order valence-corrected chi connectivity index (χ0v) is 11.6. The van der Waals surface area contributed by atoms with E-state index in [9.17, 15) is 9.00 Å². The summed E-state index contributed by atoms with van der Waals surface area (Å²) in [6, 6.07) is 7.11. The standard InChI is InChI=1S/C13H16N2O3S/c1-8(16)7-12-13(9(2)15-18-12)10-3-5-11(6-4-10)19(14)17/h3-6,9,15H,7,14H2,1-2H3. The van der Waals surface area contributed by atoms with Crippen molar-refractivity contribution in [2.45, 2.75) is 31.2 Å². The quantitative estimate of drug-likeness (QED) is 0.870. The number of nitrogens with one attached hydrogen (secondary N) is 1. The van der Waals surface area contributed by atoms with Gasteiger partial charge in [-0.3, -0.25) is 4.79 Å². The van der Waals surface area contributed by atoms with Gasteiger partial charge in [-0.25, -0.2) is 9.35 Å². The van der Waals surface area contributed by atoms with Crippen LogP contribution in [-0.4, -0.2) is 16.0 Å². The topological polar surface area (TPSA) is 81.4 Å². The third-order valence-corrected chi connectivity index (χ3v) is 3.64. The number of allylic oxidation sites excluding steroid dienone is 1. The molecule has 1 aliphatic heterocycles. The van der Waals surface area contributed by atoms with Gasteiger partial charge in [-0.1, -0.05) is 12.1 Å². The lowest BCUT2D eigenvalue weighted by Gasteiger charge is -2.08. The molecular weight excluding hydrogens is 264 g/mol. The smallest absolute Gasteiger partial charge is 0.137 e. The molecular formula is C13H16N2O3S. The fraction of sp³-hybridized carbons (Fsp3) is 0.308. The number of Topliss-reactive ketones (excluding diaryl/α,β-unsaturated/α-hetero) is 1. The van der Waals surface area contributed by atoms with Crippen LogP contribution >= 0.6 is 0 Å². The molecule has 0 aromatic heterocycles. The van der Waals surface area contributed by atoms with Gasteiger partial charge in [-0.05, 0) is 31.5 Å². The number of rotatable bonds is 4. The highest BCUT2D eigenvalue weighted by Gasteiger charge is 2.25. The molecule has 0 radical (unpaired) electrons. The Morgan fingerprint density at radius 1 is 1.42 bits per heavy atom. The van der Waals surface area contributed by atoms with E-state index in [4.69, 9.17) is 9.98 Å². The molecule has 19 heavy (non-hydrogen) atoms. The molecule has 102 valence electrons. The van der Waals surface area contributed by atoms with Crippen molar-refractivity contribution in [2.75, 3.05) is 0 Å². The molecule has 0 spiro atoms. The van der Waals surface area contributed by atoms with E-state index in [1.165, 1.54) is 6.92 Å². The molecule has 3 N–H and O–H groups in total. The first-order chi connectivity index (χ1) is 8.99. The molecule has 1 heterocycles. The van der Waals surface area contributed by atoms with E-state index in [0.717, 1.165) is 11.1 Å². The van der Waals surface area contributed by atoms with Crippen LogP contribution in [-0.2, 0) is 20.6 Å². The molecule has 5 nitrogen and oxygen atoms in total. The largest absolute Gasteiger partial charge is 0.412 e. The number of carbonyl (C=O) groups is 1. The van der Waals surface area contributed by atoms with Gasteiger partial charge >= 0.3 is 0 Å². The summed E-state index contributed by atoms with van der Waals surface area (Å²) in [5.74, 6) is 0.685. The molecule has 2 unspecified atom stereocenters. The average Bonchev–Trinajstić information content (AvgIpc) is 2.70. The van der Waals surface area contributed by atoms with Crippen LogP contribution in [0, 0.1) is 0 Å². The number of carbonyl (C=O) groups excluding carboxylic acids is 1. The zero-order chi connectivity index (χ0) is 14.0. The summed E-state index contributed by atoms with van der Waals surface area (Å²) in [5.41, 5.74) is 4.73. The van der Waals surface area contributed by atoms with Crippen molar-refractivity contribution >= 4 is 22.3 Å². The van der Waals surface area contributed by atoms with E-state index >= 15 is 0 Å². The lowest BCUT2D eigenvalue weighted by Crippen LogP contribution is -2.19. The Labute approximate surface area is 114 Å². The normalized spacial score (nSPS) is 20.3. The maximum absolute atomic E-state index is 11.2. The van der Waals surface area contributed by atoms with Crippen LogP contribution in [0.25, 0.3) is 5.57 Å². The number of hydrogen-bond donors (Lipinski definition) is 2. The van der Waals surface area contributed by atoms with Crippen LogP contribution in [0.1, 0.15) is 25.8 Å². The van der Waals surface area contributed by atoms with E-state index in [0.29, 0.717) is 10.7 Å². The highest BCUT2D eigenvalue weighted by Crippen LogP contribution is 2.30. The number of hydrogen-bond acceptors (Lipinski definition) is 4. The minimum absolute atomic E-state index is 0.00331. The number of ketones is 1. The summed E-state index contributed by atoms with van der Waals surface area (Å²) in [6.07, 6.45) is 0.261. The first-order valence-corrected chi connectivity index (χ1v) is 7.12. The van der Waals surface area contributed by atoms with Crippen LogP contribution < -0.4 is 10.6 Å². The van der Waals surface area contributed by atoms with Crippen molar-refractivity contribution in [1.29, 1.82) is 0 Å². The predicted octanol–water partition coefficient (Wildman–Crippen LogP) is 1.28. The molecule has 2 atom stereocenters. The molecule has 0 saturated heterocycles. The Kier molecular flexibility index (Phi) is 4.14. The summed E-state index contributed by atoms with van der Waals surface area (Å²) in [5, 5.41) is 5.32. The van der Waals surface area contributed by atoms with Gasteiger partial charge in [0.1, 0.15) is 22.5 Å². The van der Waals surface area contributed by atoms with Gasteiger partial charge in [0.25, 0.3) is 0 Å². The summed E-state index contributed by atoms with van der Waals surface area (Å²) in [4.78, 5) is 17.1. The minimum Gasteiger partial charge on any atom is -0.412 e. The van der Waals surface area contributed by atoms with Crippen molar-refractivity contribution in [1.82, 2.24) is 5.48 Å². The molecule has 1 aromatic carbocycles. The van der Waals surface area contributed by atoms with Crippen LogP contribution in [0.4, 0.5) is 0 Å². The van der Waals surface area contributed by atoms with Gasteiger partial charge in [0, 0.05) is 5.57 Å². The Morgan fingerprint density at radius 2 is 2.05 bits per heavy atom. The number of benzene rings is 1. The summed E-state index contributed by atoms with van der Waals surface area (Å²) < 4.78 is 11.1. The Hall–Kier alpha value is -1.50. The van der Waals surface area contributed by atoms with E-state index in [-0.39, 0.29) is 18.2 Å². The Balaban J connectivity index is 2.36. The monoisotopic (exact) mass is 280 g/mol. The van der Waals surface area contributed by atoms with Crippen LogP contribution in [0.15, 0.2) is 34.9 Å². The van der Waals surface area contributed by atoms with Crippen molar-refractivity contribution in [2.24, 2.45) is 5.14 Å². The average molecular weight is 280 g/mol. The van der Waals surface area contributed by atoms with Gasteiger partial charge < -0.3 is 4.84 Å². The molecule has 0 saturated carbocycles. The molecule has 0 amide bonds. The number of nitrogens with two attached hydrogens (primary N) is 1. The molecule has 0 bridgehead atoms. The fourth-order valence-corrected chi connectivity index (χ4v) is 2.46. The van der Waals surface area contributed by atoms with Crippen LogP contribution in [0.3, 0.4) is 0 Å². The van der Waals surface area contributed by atoms with Gasteiger partial charge in [-0.2, -0.15) is 0 Å².